The molecule has 0 saturated carbocycles. The highest BCUT2D eigenvalue weighted by molar-refractivity contribution is 5.98. The molecule has 0 bridgehead atoms. The first kappa shape index (κ1) is 29.0. The van der Waals surface area contributed by atoms with Crippen molar-refractivity contribution in [3.63, 3.8) is 0 Å². The van der Waals surface area contributed by atoms with E-state index < -0.39 is 17.8 Å². The number of amides is 2. The number of methoxy groups -OCH3 is 3. The van der Waals surface area contributed by atoms with E-state index in [1.54, 1.807) is 24.3 Å². The van der Waals surface area contributed by atoms with E-state index in [0.717, 1.165) is 5.56 Å². The highest BCUT2D eigenvalue weighted by Crippen LogP contribution is 2.27. The van der Waals surface area contributed by atoms with Gasteiger partial charge in [-0.05, 0) is 53.8 Å². The van der Waals surface area contributed by atoms with Crippen LogP contribution in [0.2, 0.25) is 0 Å². The second-order valence-electron chi connectivity index (χ2n) is 8.66. The molecule has 3 aromatic rings. The van der Waals surface area contributed by atoms with Crippen LogP contribution < -0.4 is 30.6 Å². The zero-order valence-corrected chi connectivity index (χ0v) is 22.2. The number of benzene rings is 3. The van der Waals surface area contributed by atoms with Crippen LogP contribution in [0.15, 0.2) is 71.7 Å². The minimum Gasteiger partial charge on any atom is -0.494 e. The zero-order chi connectivity index (χ0) is 28.2. The third-order valence-electron chi connectivity index (χ3n) is 5.91. The third-order valence-corrected chi connectivity index (χ3v) is 5.91. The van der Waals surface area contributed by atoms with Crippen molar-refractivity contribution in [2.45, 2.75) is 31.8 Å². The van der Waals surface area contributed by atoms with Gasteiger partial charge in [-0.15, -0.1) is 0 Å². The number of hydrogen-bond donors (Lipinski definition) is 3. The fraction of sp³-hybridized carbons (Fsp3) is 0.276. The molecule has 0 heterocycles. The molecule has 2 amide bonds. The Kier molecular flexibility index (Phi) is 10.7. The minimum absolute atomic E-state index is 0.0177. The van der Waals surface area contributed by atoms with Crippen LogP contribution in [0.1, 0.15) is 23.1 Å². The van der Waals surface area contributed by atoms with E-state index in [-0.39, 0.29) is 30.6 Å². The van der Waals surface area contributed by atoms with Crippen molar-refractivity contribution in [2.24, 2.45) is 10.7 Å². The van der Waals surface area contributed by atoms with E-state index in [0.29, 0.717) is 35.5 Å². The molecular formula is C29H33FN4O5. The predicted octanol–water partition coefficient (Wildman–Crippen LogP) is 3.14. The molecule has 0 fully saturated rings. The number of aryl methyl sites for hydroxylation is 1. The van der Waals surface area contributed by atoms with E-state index in [1.165, 1.54) is 33.5 Å². The molecule has 0 aliphatic carbocycles. The summed E-state index contributed by atoms with van der Waals surface area (Å²) in [7, 11) is 4.42. The Bertz CT molecular complexity index is 1300. The monoisotopic (exact) mass is 536 g/mol. The van der Waals surface area contributed by atoms with Crippen LogP contribution in [0.5, 0.6) is 17.2 Å². The van der Waals surface area contributed by atoms with Gasteiger partial charge in [-0.2, -0.15) is 0 Å². The summed E-state index contributed by atoms with van der Waals surface area (Å²) in [6.45, 7) is 0.137. The Labute approximate surface area is 227 Å². The van der Waals surface area contributed by atoms with Crippen molar-refractivity contribution < 1.29 is 28.2 Å². The maximum Gasteiger partial charge on any atom is 0.245 e. The van der Waals surface area contributed by atoms with Gasteiger partial charge < -0.3 is 25.3 Å². The van der Waals surface area contributed by atoms with E-state index >= 15 is 0 Å². The van der Waals surface area contributed by atoms with Crippen LogP contribution in [-0.4, -0.2) is 45.1 Å². The molecule has 206 valence electrons. The van der Waals surface area contributed by atoms with Gasteiger partial charge in [0, 0.05) is 6.54 Å². The quantitative estimate of drug-likeness (QED) is 0.241. The lowest BCUT2D eigenvalue weighted by Gasteiger charge is -2.15. The number of hydrogen-bond acceptors (Lipinski definition) is 6. The molecule has 0 radical (unpaired) electrons. The Hall–Kier alpha value is -4.60. The van der Waals surface area contributed by atoms with Gasteiger partial charge in [-0.1, -0.05) is 42.5 Å². The van der Waals surface area contributed by atoms with Gasteiger partial charge in [0.2, 0.25) is 11.8 Å². The number of aliphatic imine (C=N–C) groups is 1. The van der Waals surface area contributed by atoms with E-state index in [4.69, 9.17) is 19.9 Å². The highest BCUT2D eigenvalue weighted by atomic mass is 19.1. The van der Waals surface area contributed by atoms with Gasteiger partial charge >= 0.3 is 0 Å². The topological polar surface area (TPSA) is 124 Å². The maximum atomic E-state index is 13.7. The second kappa shape index (κ2) is 14.4. The van der Waals surface area contributed by atoms with Gasteiger partial charge in [0.1, 0.15) is 6.04 Å². The first-order valence-corrected chi connectivity index (χ1v) is 12.3. The summed E-state index contributed by atoms with van der Waals surface area (Å²) in [5, 5.41) is 5.36. The summed E-state index contributed by atoms with van der Waals surface area (Å²) in [5.74, 6) is -0.307. The second-order valence-corrected chi connectivity index (χ2v) is 8.66. The summed E-state index contributed by atoms with van der Waals surface area (Å²) in [6.07, 6.45) is 0.943. The van der Waals surface area contributed by atoms with Crippen molar-refractivity contribution in [1.29, 1.82) is 0 Å². The molecule has 0 spiro atoms. The number of carbonyl (C=O) groups excluding carboxylic acids is 2. The lowest BCUT2D eigenvalue weighted by molar-refractivity contribution is -0.123. The van der Waals surface area contributed by atoms with Gasteiger partial charge in [0.15, 0.2) is 29.0 Å². The number of nitrogens with two attached hydrogens (primary N) is 1. The zero-order valence-electron chi connectivity index (χ0n) is 22.2. The van der Waals surface area contributed by atoms with Crippen LogP contribution in [0.3, 0.4) is 0 Å². The highest BCUT2D eigenvalue weighted by Gasteiger charge is 2.19. The molecule has 0 aliphatic heterocycles. The normalized spacial score (nSPS) is 11.8. The fourth-order valence-electron chi connectivity index (χ4n) is 3.89. The Morgan fingerprint density at radius 2 is 1.54 bits per heavy atom. The van der Waals surface area contributed by atoms with Crippen LogP contribution in [0.4, 0.5) is 4.39 Å². The van der Waals surface area contributed by atoms with Crippen LogP contribution >= 0.6 is 0 Å². The number of ether oxygens (including phenoxy) is 3. The van der Waals surface area contributed by atoms with E-state index in [9.17, 15) is 14.0 Å². The molecular weight excluding hydrogens is 503 g/mol. The largest absolute Gasteiger partial charge is 0.494 e. The van der Waals surface area contributed by atoms with Crippen molar-refractivity contribution in [1.82, 2.24) is 10.6 Å². The average molecular weight is 537 g/mol. The Morgan fingerprint density at radius 1 is 0.872 bits per heavy atom. The van der Waals surface area contributed by atoms with Crippen LogP contribution in [0, 0.1) is 5.82 Å². The summed E-state index contributed by atoms with van der Waals surface area (Å²) >= 11 is 0. The molecule has 1 unspecified atom stereocenters. The summed E-state index contributed by atoms with van der Waals surface area (Å²) in [6, 6.07) is 18.3. The third kappa shape index (κ3) is 8.74. The predicted molar refractivity (Wildman–Crippen MR) is 146 cm³/mol. The average Bonchev–Trinajstić information content (AvgIpc) is 2.94. The molecule has 9 nitrogen and oxygen atoms in total. The molecule has 0 aromatic heterocycles. The number of nitrogens with one attached hydrogen (secondary N) is 2. The standard InChI is InChI=1S/C29H33FN4O5/c1-37-24-14-11-20(15-26(24)39-3)17-27(35)34-29(31)33-23(13-10-19-7-5-4-6-8-19)28(36)32-18-21-9-12-22(30)25(16-21)38-2/h4-9,11-12,14-16,23H,10,13,17-18H2,1-3H3,(H,32,36)(H3,31,33,34,35). The van der Waals surface area contributed by atoms with Crippen molar-refractivity contribution in [3.05, 3.63) is 89.2 Å². The van der Waals surface area contributed by atoms with Gasteiger partial charge in [-0.25, -0.2) is 9.38 Å². The number of rotatable bonds is 12. The minimum atomic E-state index is -0.867. The molecule has 10 heteroatoms. The van der Waals surface area contributed by atoms with E-state index in [2.05, 4.69) is 15.6 Å². The first-order chi connectivity index (χ1) is 18.8. The van der Waals surface area contributed by atoms with Crippen molar-refractivity contribution >= 4 is 17.8 Å². The Morgan fingerprint density at radius 3 is 2.23 bits per heavy atom. The molecule has 0 aliphatic rings. The van der Waals surface area contributed by atoms with Gasteiger partial charge in [0.05, 0.1) is 27.8 Å². The number of halogens is 1. The molecule has 0 saturated heterocycles. The Balaban J connectivity index is 1.68. The fourth-order valence-corrected chi connectivity index (χ4v) is 3.89. The SMILES string of the molecule is COc1cc(CNC(=O)C(CCc2ccccc2)N=C(N)NC(=O)Cc2ccc(OC)c(OC)c2)ccc1F. The number of carbonyl (C=O) groups is 2. The summed E-state index contributed by atoms with van der Waals surface area (Å²) in [5.41, 5.74) is 8.41. The summed E-state index contributed by atoms with van der Waals surface area (Å²) < 4.78 is 29.2. The molecule has 39 heavy (non-hydrogen) atoms. The number of guanidine groups is 1. The lowest BCUT2D eigenvalue weighted by atomic mass is 10.0. The maximum absolute atomic E-state index is 13.7. The van der Waals surface area contributed by atoms with E-state index in [1.807, 2.05) is 30.3 Å². The summed E-state index contributed by atoms with van der Waals surface area (Å²) in [4.78, 5) is 30.0. The van der Waals surface area contributed by atoms with Crippen molar-refractivity contribution in [3.8, 4) is 17.2 Å². The number of nitrogens with zero attached hydrogens (tertiary/aromatic N) is 1. The molecule has 4 N–H and O–H groups in total. The molecule has 3 rings (SSSR count). The van der Waals surface area contributed by atoms with Gasteiger partial charge in [0.25, 0.3) is 0 Å². The molecule has 3 aromatic carbocycles. The van der Waals surface area contributed by atoms with Crippen LogP contribution in [-0.2, 0) is 29.0 Å². The van der Waals surface area contributed by atoms with Crippen LogP contribution in [0.25, 0.3) is 0 Å². The molecule has 1 atom stereocenters. The first-order valence-electron chi connectivity index (χ1n) is 12.3. The van der Waals surface area contributed by atoms with Crippen molar-refractivity contribution in [2.75, 3.05) is 21.3 Å². The lowest BCUT2D eigenvalue weighted by Crippen LogP contribution is -2.41. The van der Waals surface area contributed by atoms with Gasteiger partial charge in [-0.3, -0.25) is 14.9 Å². The smallest absolute Gasteiger partial charge is 0.245 e.